The summed E-state index contributed by atoms with van der Waals surface area (Å²) in [4.78, 5) is 24.8. The van der Waals surface area contributed by atoms with E-state index in [2.05, 4.69) is 36.8 Å². The maximum Gasteiger partial charge on any atom is 0.245 e. The van der Waals surface area contributed by atoms with Crippen LogP contribution in [-0.2, 0) is 22.4 Å². The van der Waals surface area contributed by atoms with Crippen LogP contribution in [0.5, 0.6) is 0 Å². The minimum absolute atomic E-state index is 0.208. The highest BCUT2D eigenvalue weighted by atomic mass is 16.2. The Morgan fingerprint density at radius 3 is 2.24 bits per heavy atom. The first-order chi connectivity index (χ1) is 13.9. The molecule has 3 aromatic carbocycles. The molecular weight excluding hydrogens is 360 g/mol. The molecule has 4 heteroatoms. The van der Waals surface area contributed by atoms with Gasteiger partial charge >= 0.3 is 0 Å². The molecule has 29 heavy (non-hydrogen) atoms. The number of hydrogen-bond acceptors (Lipinski definition) is 2. The number of benzene rings is 3. The summed E-state index contributed by atoms with van der Waals surface area (Å²) in [5.41, 5.74) is 8.23. The number of fused-ring (bicyclic) bond motifs is 1. The maximum atomic E-state index is 12.4. The van der Waals surface area contributed by atoms with Crippen molar-refractivity contribution in [3.8, 4) is 0 Å². The van der Waals surface area contributed by atoms with E-state index in [1.807, 2.05) is 61.5 Å². The van der Waals surface area contributed by atoms with E-state index >= 15 is 0 Å². The van der Waals surface area contributed by atoms with E-state index in [-0.39, 0.29) is 24.2 Å². The number of hydrazine groups is 1. The van der Waals surface area contributed by atoms with Gasteiger partial charge in [-0.3, -0.25) is 20.4 Å². The Labute approximate surface area is 172 Å². The van der Waals surface area contributed by atoms with Gasteiger partial charge in [-0.1, -0.05) is 80.6 Å². The van der Waals surface area contributed by atoms with E-state index in [0.29, 0.717) is 5.92 Å². The summed E-state index contributed by atoms with van der Waals surface area (Å²) in [6.45, 7) is 6.21. The topological polar surface area (TPSA) is 58.2 Å². The summed E-state index contributed by atoms with van der Waals surface area (Å²) in [5, 5.41) is 2.14. The van der Waals surface area contributed by atoms with E-state index in [9.17, 15) is 9.59 Å². The lowest BCUT2D eigenvalue weighted by molar-refractivity contribution is -0.129. The summed E-state index contributed by atoms with van der Waals surface area (Å²) < 4.78 is 0. The van der Waals surface area contributed by atoms with Gasteiger partial charge in [-0.25, -0.2) is 0 Å². The van der Waals surface area contributed by atoms with Gasteiger partial charge in [0.25, 0.3) is 0 Å². The van der Waals surface area contributed by atoms with Crippen LogP contribution in [-0.4, -0.2) is 11.8 Å². The van der Waals surface area contributed by atoms with Gasteiger partial charge in [0, 0.05) is 0 Å². The van der Waals surface area contributed by atoms with Gasteiger partial charge in [-0.15, -0.1) is 0 Å². The van der Waals surface area contributed by atoms with Crippen LogP contribution in [0, 0.1) is 5.92 Å². The lowest BCUT2D eigenvalue weighted by Crippen LogP contribution is -2.44. The highest BCUT2D eigenvalue weighted by molar-refractivity contribution is 5.91. The molecule has 0 aliphatic carbocycles. The van der Waals surface area contributed by atoms with Crippen LogP contribution in [0.15, 0.2) is 66.7 Å². The number of nitrogens with one attached hydrogen (secondary N) is 2. The lowest BCUT2D eigenvalue weighted by atomic mass is 9.96. The fourth-order valence-electron chi connectivity index (χ4n) is 3.47. The summed E-state index contributed by atoms with van der Waals surface area (Å²) in [5.74, 6) is -0.221. The first kappa shape index (κ1) is 20.6. The van der Waals surface area contributed by atoms with E-state index in [0.717, 1.165) is 28.3 Å². The zero-order chi connectivity index (χ0) is 20.8. The maximum absolute atomic E-state index is 12.4. The van der Waals surface area contributed by atoms with Crippen LogP contribution < -0.4 is 10.9 Å². The number of carbonyl (C=O) groups is 2. The Morgan fingerprint density at radius 1 is 0.828 bits per heavy atom. The first-order valence-electron chi connectivity index (χ1n) is 10.1. The molecule has 0 spiro atoms. The molecule has 0 saturated carbocycles. The molecule has 4 nitrogen and oxygen atoms in total. The standard InChI is InChI=1S/C25H28N2O2/c1-17(2)15-19-11-13-20(14-12-19)18(3)25(29)27-26-24(28)16-22-9-6-8-21-7-4-5-10-23(21)22/h4-14,17-18H,15-16H2,1-3H3,(H,26,28)(H,27,29). The van der Waals surface area contributed by atoms with Crippen molar-refractivity contribution < 1.29 is 9.59 Å². The van der Waals surface area contributed by atoms with Gasteiger partial charge in [-0.05, 0) is 46.7 Å². The number of rotatable bonds is 6. The second kappa shape index (κ2) is 9.37. The Bertz CT molecular complexity index is 988. The number of carbonyl (C=O) groups excluding carboxylic acids is 2. The molecular formula is C25H28N2O2. The van der Waals surface area contributed by atoms with Crippen molar-refractivity contribution in [2.75, 3.05) is 0 Å². The second-order valence-corrected chi connectivity index (χ2v) is 7.91. The minimum Gasteiger partial charge on any atom is -0.273 e. The van der Waals surface area contributed by atoms with Crippen LogP contribution in [0.4, 0.5) is 0 Å². The van der Waals surface area contributed by atoms with Gasteiger partial charge in [-0.2, -0.15) is 0 Å². The second-order valence-electron chi connectivity index (χ2n) is 7.91. The monoisotopic (exact) mass is 388 g/mol. The largest absolute Gasteiger partial charge is 0.273 e. The predicted octanol–water partition coefficient (Wildman–Crippen LogP) is 4.53. The van der Waals surface area contributed by atoms with E-state index < -0.39 is 0 Å². The molecule has 0 radical (unpaired) electrons. The average Bonchev–Trinajstić information content (AvgIpc) is 2.72. The molecule has 3 aromatic rings. The zero-order valence-corrected chi connectivity index (χ0v) is 17.2. The molecule has 0 saturated heterocycles. The molecule has 150 valence electrons. The smallest absolute Gasteiger partial charge is 0.245 e. The molecule has 0 aliphatic heterocycles. The molecule has 3 rings (SSSR count). The number of amides is 2. The van der Waals surface area contributed by atoms with E-state index in [1.165, 1.54) is 5.56 Å². The third kappa shape index (κ3) is 5.44. The normalized spacial score (nSPS) is 12.0. The lowest BCUT2D eigenvalue weighted by Gasteiger charge is -2.14. The molecule has 1 atom stereocenters. The summed E-state index contributed by atoms with van der Waals surface area (Å²) in [6, 6.07) is 22.0. The van der Waals surface area contributed by atoms with E-state index in [4.69, 9.17) is 0 Å². The van der Waals surface area contributed by atoms with Crippen LogP contribution in [0.25, 0.3) is 10.8 Å². The fourth-order valence-corrected chi connectivity index (χ4v) is 3.47. The summed E-state index contributed by atoms with van der Waals surface area (Å²) in [6.07, 6.45) is 1.23. The zero-order valence-electron chi connectivity index (χ0n) is 17.2. The number of hydrogen-bond donors (Lipinski definition) is 2. The highest BCUT2D eigenvalue weighted by Crippen LogP contribution is 2.19. The van der Waals surface area contributed by atoms with Crippen molar-refractivity contribution in [1.29, 1.82) is 0 Å². The molecule has 1 unspecified atom stereocenters. The quantitative estimate of drug-likeness (QED) is 0.610. The molecule has 0 heterocycles. The van der Waals surface area contributed by atoms with Crippen LogP contribution >= 0.6 is 0 Å². The summed E-state index contributed by atoms with van der Waals surface area (Å²) >= 11 is 0. The molecule has 0 bridgehead atoms. The van der Waals surface area contributed by atoms with Crippen LogP contribution in [0.2, 0.25) is 0 Å². The Kier molecular flexibility index (Phi) is 6.65. The van der Waals surface area contributed by atoms with Crippen molar-refractivity contribution in [2.45, 2.75) is 39.5 Å². The third-order valence-corrected chi connectivity index (χ3v) is 5.07. The SMILES string of the molecule is CC(C)Cc1ccc(C(C)C(=O)NNC(=O)Cc2cccc3ccccc23)cc1. The molecule has 2 amide bonds. The molecule has 0 aliphatic rings. The van der Waals surface area contributed by atoms with Gasteiger partial charge in [0.05, 0.1) is 12.3 Å². The van der Waals surface area contributed by atoms with Crippen molar-refractivity contribution in [3.05, 3.63) is 83.4 Å². The van der Waals surface area contributed by atoms with Gasteiger partial charge in [0.1, 0.15) is 0 Å². The Balaban J connectivity index is 1.56. The highest BCUT2D eigenvalue weighted by Gasteiger charge is 2.16. The van der Waals surface area contributed by atoms with Crippen molar-refractivity contribution >= 4 is 22.6 Å². The van der Waals surface area contributed by atoms with Gasteiger partial charge < -0.3 is 0 Å². The Hall–Kier alpha value is -3.14. The minimum atomic E-state index is -0.346. The van der Waals surface area contributed by atoms with Gasteiger partial charge in [0.15, 0.2) is 0 Å². The Morgan fingerprint density at radius 2 is 1.52 bits per heavy atom. The predicted molar refractivity (Wildman–Crippen MR) is 117 cm³/mol. The fraction of sp³-hybridized carbons (Fsp3) is 0.280. The first-order valence-corrected chi connectivity index (χ1v) is 10.1. The van der Waals surface area contributed by atoms with Gasteiger partial charge in [0.2, 0.25) is 11.8 Å². The van der Waals surface area contributed by atoms with Crippen molar-refractivity contribution in [3.63, 3.8) is 0 Å². The molecule has 2 N–H and O–H groups in total. The average molecular weight is 389 g/mol. The van der Waals surface area contributed by atoms with E-state index in [1.54, 1.807) is 0 Å². The molecule has 0 aromatic heterocycles. The third-order valence-electron chi connectivity index (χ3n) is 5.07. The van der Waals surface area contributed by atoms with Crippen molar-refractivity contribution in [1.82, 2.24) is 10.9 Å². The summed E-state index contributed by atoms with van der Waals surface area (Å²) in [7, 11) is 0. The van der Waals surface area contributed by atoms with Crippen molar-refractivity contribution in [2.24, 2.45) is 5.92 Å². The van der Waals surface area contributed by atoms with Crippen LogP contribution in [0.1, 0.15) is 43.4 Å². The van der Waals surface area contributed by atoms with Crippen LogP contribution in [0.3, 0.4) is 0 Å². The molecule has 0 fully saturated rings.